The molecule has 4 rings (SSSR count). The summed E-state index contributed by atoms with van der Waals surface area (Å²) in [6.07, 6.45) is 1.66. The Kier molecular flexibility index (Phi) is 5.80. The van der Waals surface area contributed by atoms with Gasteiger partial charge in [-0.1, -0.05) is 24.3 Å². The molecular weight excluding hydrogens is 400 g/mol. The lowest BCUT2D eigenvalue weighted by molar-refractivity contribution is -0.384. The summed E-state index contributed by atoms with van der Waals surface area (Å²) >= 11 is 5.45. The summed E-state index contributed by atoms with van der Waals surface area (Å²) in [4.78, 5) is 19.2. The molecule has 0 aliphatic carbocycles. The number of fused-ring (bicyclic) bond motifs is 1. The van der Waals surface area contributed by atoms with Crippen LogP contribution in [-0.2, 0) is 0 Å². The van der Waals surface area contributed by atoms with Gasteiger partial charge in [-0.2, -0.15) is 5.10 Å². The standard InChI is InChI=1S/C21H20N6O2S/c28-27(29)19-9-7-18(8-10-19)25-11-13-26(14-12-25)21(30)24-22-15-17-6-5-16-3-1-2-4-20(16)23-17/h1-10,15H,11-14H2,(H,24,30)/b22-15-. The van der Waals surface area contributed by atoms with E-state index in [4.69, 9.17) is 12.2 Å². The highest BCUT2D eigenvalue weighted by Gasteiger charge is 2.19. The van der Waals surface area contributed by atoms with Crippen LogP contribution >= 0.6 is 12.2 Å². The van der Waals surface area contributed by atoms with E-state index in [1.807, 2.05) is 36.4 Å². The van der Waals surface area contributed by atoms with Crippen LogP contribution in [0.25, 0.3) is 10.9 Å². The number of anilines is 1. The number of nitrogens with zero attached hydrogens (tertiary/aromatic N) is 5. The van der Waals surface area contributed by atoms with Gasteiger partial charge in [-0.3, -0.25) is 15.5 Å². The van der Waals surface area contributed by atoms with Gasteiger partial charge in [0.25, 0.3) is 5.69 Å². The van der Waals surface area contributed by atoms with Gasteiger partial charge in [0.2, 0.25) is 0 Å². The summed E-state index contributed by atoms with van der Waals surface area (Å²) < 4.78 is 0. The van der Waals surface area contributed by atoms with Gasteiger partial charge in [0.15, 0.2) is 5.11 Å². The molecule has 0 spiro atoms. The van der Waals surface area contributed by atoms with E-state index < -0.39 is 0 Å². The fourth-order valence-electron chi connectivity index (χ4n) is 3.33. The number of para-hydroxylation sites is 1. The predicted molar refractivity (Wildman–Crippen MR) is 122 cm³/mol. The number of non-ortho nitro benzene ring substituents is 1. The third-order valence-corrected chi connectivity index (χ3v) is 5.32. The summed E-state index contributed by atoms with van der Waals surface area (Å²) in [5.74, 6) is 0. The van der Waals surface area contributed by atoms with Crippen LogP contribution in [0.15, 0.2) is 65.8 Å². The molecule has 0 radical (unpaired) electrons. The van der Waals surface area contributed by atoms with Crippen molar-refractivity contribution in [2.24, 2.45) is 5.10 Å². The minimum atomic E-state index is -0.389. The van der Waals surface area contributed by atoms with E-state index in [0.29, 0.717) is 5.11 Å². The number of nitrogens with one attached hydrogen (secondary N) is 1. The molecule has 8 nitrogen and oxygen atoms in total. The quantitative estimate of drug-likeness (QED) is 0.300. The number of pyridine rings is 1. The smallest absolute Gasteiger partial charge is 0.269 e. The maximum Gasteiger partial charge on any atom is 0.269 e. The molecule has 3 aromatic rings. The van der Waals surface area contributed by atoms with Gasteiger partial charge < -0.3 is 9.80 Å². The highest BCUT2D eigenvalue weighted by Crippen LogP contribution is 2.20. The number of aromatic nitrogens is 1. The molecule has 1 aromatic heterocycles. The maximum atomic E-state index is 10.8. The zero-order chi connectivity index (χ0) is 20.9. The number of piperazine rings is 1. The Labute approximate surface area is 179 Å². The molecule has 0 unspecified atom stereocenters. The summed E-state index contributed by atoms with van der Waals surface area (Å²) in [5.41, 5.74) is 5.67. The number of benzene rings is 2. The van der Waals surface area contributed by atoms with Crippen LogP contribution in [0, 0.1) is 10.1 Å². The molecule has 0 saturated carbocycles. The first kappa shape index (κ1) is 19.7. The van der Waals surface area contributed by atoms with Gasteiger partial charge in [0.05, 0.1) is 22.3 Å². The van der Waals surface area contributed by atoms with E-state index in [1.54, 1.807) is 18.3 Å². The zero-order valence-electron chi connectivity index (χ0n) is 16.1. The van der Waals surface area contributed by atoms with Gasteiger partial charge in [-0.15, -0.1) is 0 Å². The van der Waals surface area contributed by atoms with E-state index in [-0.39, 0.29) is 10.6 Å². The molecule has 30 heavy (non-hydrogen) atoms. The van der Waals surface area contributed by atoms with E-state index in [1.165, 1.54) is 12.1 Å². The van der Waals surface area contributed by atoms with E-state index in [9.17, 15) is 10.1 Å². The van der Waals surface area contributed by atoms with E-state index in [2.05, 4.69) is 25.3 Å². The molecule has 1 saturated heterocycles. The third kappa shape index (κ3) is 4.52. The lowest BCUT2D eigenvalue weighted by atomic mass is 10.2. The van der Waals surface area contributed by atoms with Crippen molar-refractivity contribution in [2.45, 2.75) is 0 Å². The number of rotatable bonds is 4. The summed E-state index contributed by atoms with van der Waals surface area (Å²) in [6, 6.07) is 18.5. The Balaban J connectivity index is 1.29. The van der Waals surface area contributed by atoms with Crippen LogP contribution in [-0.4, -0.2) is 52.3 Å². The average Bonchev–Trinajstić information content (AvgIpc) is 2.79. The molecule has 0 atom stereocenters. The second kappa shape index (κ2) is 8.83. The minimum absolute atomic E-state index is 0.0986. The Bertz CT molecular complexity index is 1090. The topological polar surface area (TPSA) is 86.9 Å². The third-order valence-electron chi connectivity index (χ3n) is 4.97. The molecule has 2 heterocycles. The molecular formula is C21H20N6O2S. The minimum Gasteiger partial charge on any atom is -0.368 e. The first-order valence-corrected chi connectivity index (χ1v) is 9.94. The number of nitro benzene ring substituents is 1. The zero-order valence-corrected chi connectivity index (χ0v) is 17.0. The Morgan fingerprint density at radius 1 is 1.07 bits per heavy atom. The number of hydrazone groups is 1. The van der Waals surface area contributed by atoms with Gasteiger partial charge in [-0.25, -0.2) is 4.98 Å². The number of nitro groups is 1. The second-order valence-corrected chi connectivity index (χ2v) is 7.24. The molecule has 2 aromatic carbocycles. The van der Waals surface area contributed by atoms with Crippen molar-refractivity contribution < 1.29 is 4.92 Å². The van der Waals surface area contributed by atoms with Crippen molar-refractivity contribution >= 4 is 45.8 Å². The molecule has 1 aliphatic rings. The molecule has 0 amide bonds. The van der Waals surface area contributed by atoms with Crippen LogP contribution in [0.4, 0.5) is 11.4 Å². The largest absolute Gasteiger partial charge is 0.368 e. The Morgan fingerprint density at radius 3 is 2.53 bits per heavy atom. The van der Waals surface area contributed by atoms with Crippen LogP contribution in [0.3, 0.4) is 0 Å². The van der Waals surface area contributed by atoms with Crippen molar-refractivity contribution in [3.8, 4) is 0 Å². The van der Waals surface area contributed by atoms with Gasteiger partial charge >= 0.3 is 0 Å². The fourth-order valence-corrected chi connectivity index (χ4v) is 3.57. The number of hydrogen-bond acceptors (Lipinski definition) is 6. The normalized spacial score (nSPS) is 14.3. The average molecular weight is 420 g/mol. The Morgan fingerprint density at radius 2 is 1.80 bits per heavy atom. The molecule has 152 valence electrons. The first-order valence-electron chi connectivity index (χ1n) is 9.53. The highest BCUT2D eigenvalue weighted by molar-refractivity contribution is 7.80. The van der Waals surface area contributed by atoms with Crippen molar-refractivity contribution in [3.05, 3.63) is 76.5 Å². The molecule has 1 fully saturated rings. The van der Waals surface area contributed by atoms with Crippen molar-refractivity contribution in [3.63, 3.8) is 0 Å². The predicted octanol–water partition coefficient (Wildman–Crippen LogP) is 3.17. The molecule has 1 aliphatic heterocycles. The summed E-state index contributed by atoms with van der Waals surface area (Å²) in [5, 5.41) is 16.7. The van der Waals surface area contributed by atoms with Crippen LogP contribution in [0.2, 0.25) is 0 Å². The molecule has 0 bridgehead atoms. The maximum absolute atomic E-state index is 10.8. The molecule has 1 N–H and O–H groups in total. The van der Waals surface area contributed by atoms with Crippen LogP contribution in [0.1, 0.15) is 5.69 Å². The monoisotopic (exact) mass is 420 g/mol. The summed E-state index contributed by atoms with van der Waals surface area (Å²) in [6.45, 7) is 3.03. The number of hydrogen-bond donors (Lipinski definition) is 1. The van der Waals surface area contributed by atoms with Crippen LogP contribution in [0.5, 0.6) is 0 Å². The van der Waals surface area contributed by atoms with Gasteiger partial charge in [-0.05, 0) is 36.5 Å². The van der Waals surface area contributed by atoms with Crippen LogP contribution < -0.4 is 10.3 Å². The number of thiocarbonyl (C=S) groups is 1. The molecule has 9 heteroatoms. The fraction of sp³-hybridized carbons (Fsp3) is 0.190. The lowest BCUT2D eigenvalue weighted by Crippen LogP contribution is -2.51. The first-order chi connectivity index (χ1) is 14.6. The lowest BCUT2D eigenvalue weighted by Gasteiger charge is -2.36. The Hall–Kier alpha value is -3.59. The van der Waals surface area contributed by atoms with E-state index in [0.717, 1.165) is 48.5 Å². The van der Waals surface area contributed by atoms with Gasteiger partial charge in [0.1, 0.15) is 0 Å². The van der Waals surface area contributed by atoms with E-state index >= 15 is 0 Å². The van der Waals surface area contributed by atoms with Gasteiger partial charge in [0, 0.05) is 49.4 Å². The van der Waals surface area contributed by atoms with Crippen molar-refractivity contribution in [1.29, 1.82) is 0 Å². The van der Waals surface area contributed by atoms with Crippen molar-refractivity contribution in [2.75, 3.05) is 31.1 Å². The summed E-state index contributed by atoms with van der Waals surface area (Å²) in [7, 11) is 0. The highest BCUT2D eigenvalue weighted by atomic mass is 32.1. The SMILES string of the molecule is O=[N+]([O-])c1ccc(N2CCN(C(=S)N/N=C\c3ccc4ccccc4n3)CC2)cc1. The second-order valence-electron chi connectivity index (χ2n) is 6.85. The van der Waals surface area contributed by atoms with Crippen molar-refractivity contribution in [1.82, 2.24) is 15.3 Å².